The minimum absolute atomic E-state index is 0.158. The number of nitrogens with zero attached hydrogens (tertiary/aromatic N) is 2. The van der Waals surface area contributed by atoms with E-state index in [0.717, 1.165) is 24.1 Å². The van der Waals surface area contributed by atoms with E-state index in [1.54, 1.807) is 14.2 Å². The number of ether oxygens (including phenoxy) is 2. The highest BCUT2D eigenvalue weighted by Crippen LogP contribution is 2.29. The van der Waals surface area contributed by atoms with Crippen LogP contribution in [0.5, 0.6) is 11.5 Å². The highest BCUT2D eigenvalue weighted by atomic mass is 16.5. The van der Waals surface area contributed by atoms with Crippen LogP contribution in [0.1, 0.15) is 37.7 Å². The van der Waals surface area contributed by atoms with Gasteiger partial charge in [0.05, 0.1) is 20.8 Å². The Kier molecular flexibility index (Phi) is 7.53. The number of benzene rings is 2. The van der Waals surface area contributed by atoms with Crippen molar-refractivity contribution in [2.75, 3.05) is 32.7 Å². The average Bonchev–Trinajstić information content (AvgIpc) is 2.75. The molecule has 0 unspecified atom stereocenters. The maximum atomic E-state index is 13.3. The van der Waals surface area contributed by atoms with E-state index in [0.29, 0.717) is 30.6 Å². The minimum Gasteiger partial charge on any atom is -0.493 e. The fourth-order valence-corrected chi connectivity index (χ4v) is 4.14. The van der Waals surface area contributed by atoms with E-state index in [-0.39, 0.29) is 5.91 Å². The van der Waals surface area contributed by atoms with Gasteiger partial charge in [0.25, 0.3) is 0 Å². The van der Waals surface area contributed by atoms with Gasteiger partial charge < -0.3 is 14.4 Å². The van der Waals surface area contributed by atoms with Crippen LogP contribution in [0, 0.1) is 0 Å². The molecule has 1 aliphatic carbocycles. The van der Waals surface area contributed by atoms with Gasteiger partial charge in [0.2, 0.25) is 5.91 Å². The molecule has 29 heavy (non-hydrogen) atoms. The van der Waals surface area contributed by atoms with Gasteiger partial charge in [-0.3, -0.25) is 9.69 Å². The molecule has 0 N–H and O–H groups in total. The lowest BCUT2D eigenvalue weighted by Gasteiger charge is -2.35. The lowest BCUT2D eigenvalue weighted by atomic mass is 9.93. The molecule has 5 heteroatoms. The average molecular weight is 397 g/mol. The molecule has 0 bridgehead atoms. The van der Waals surface area contributed by atoms with Gasteiger partial charge in [-0.25, -0.2) is 0 Å². The van der Waals surface area contributed by atoms with Crippen LogP contribution in [-0.4, -0.2) is 44.7 Å². The Morgan fingerprint density at radius 1 is 0.966 bits per heavy atom. The molecule has 0 aromatic heterocycles. The molecule has 1 fully saturated rings. The summed E-state index contributed by atoms with van der Waals surface area (Å²) in [5, 5.41) is 0. The van der Waals surface area contributed by atoms with E-state index in [1.165, 1.54) is 19.3 Å². The van der Waals surface area contributed by atoms with E-state index in [4.69, 9.17) is 9.47 Å². The first kappa shape index (κ1) is 21.2. The fourth-order valence-electron chi connectivity index (χ4n) is 4.14. The zero-order chi connectivity index (χ0) is 20.6. The maximum absolute atomic E-state index is 13.3. The van der Waals surface area contributed by atoms with E-state index < -0.39 is 0 Å². The van der Waals surface area contributed by atoms with Crippen LogP contribution in [0.15, 0.2) is 48.5 Å². The number of anilines is 1. The molecule has 1 saturated carbocycles. The van der Waals surface area contributed by atoms with Crippen LogP contribution in [0.25, 0.3) is 0 Å². The molecule has 0 radical (unpaired) electrons. The van der Waals surface area contributed by atoms with Crippen LogP contribution in [0.4, 0.5) is 5.69 Å². The predicted octanol–water partition coefficient (Wildman–Crippen LogP) is 4.50. The summed E-state index contributed by atoms with van der Waals surface area (Å²) in [6.45, 7) is 1.04. The molecule has 0 aliphatic heterocycles. The third-order valence-corrected chi connectivity index (χ3v) is 5.55. The minimum atomic E-state index is 0.158. The summed E-state index contributed by atoms with van der Waals surface area (Å²) >= 11 is 0. The van der Waals surface area contributed by atoms with Gasteiger partial charge in [0, 0.05) is 18.3 Å². The van der Waals surface area contributed by atoms with Gasteiger partial charge in [0.1, 0.15) is 0 Å². The van der Waals surface area contributed by atoms with Crippen molar-refractivity contribution in [3.63, 3.8) is 0 Å². The van der Waals surface area contributed by atoms with Crippen LogP contribution < -0.4 is 14.4 Å². The Labute approximate surface area is 174 Å². The zero-order valence-electron chi connectivity index (χ0n) is 17.8. The number of hydrogen-bond donors (Lipinski definition) is 0. The Morgan fingerprint density at radius 2 is 1.66 bits per heavy atom. The summed E-state index contributed by atoms with van der Waals surface area (Å²) < 4.78 is 10.7. The molecule has 1 amide bonds. The number of amides is 1. The van der Waals surface area contributed by atoms with Gasteiger partial charge in [-0.1, -0.05) is 43.5 Å². The van der Waals surface area contributed by atoms with Gasteiger partial charge in [-0.15, -0.1) is 0 Å². The van der Waals surface area contributed by atoms with Gasteiger partial charge >= 0.3 is 0 Å². The van der Waals surface area contributed by atoms with Crippen LogP contribution >= 0.6 is 0 Å². The number of methoxy groups -OCH3 is 2. The summed E-state index contributed by atoms with van der Waals surface area (Å²) in [4.78, 5) is 17.4. The SMILES string of the molecule is COc1ccc(CN(C)CC(=O)N(c2ccccc2)C2CCCCC2)cc1OC. The number of carbonyl (C=O) groups excluding carboxylic acids is 1. The Hall–Kier alpha value is -2.53. The van der Waals surface area contributed by atoms with Crippen LogP contribution in [-0.2, 0) is 11.3 Å². The summed E-state index contributed by atoms with van der Waals surface area (Å²) in [5.41, 5.74) is 2.09. The summed E-state index contributed by atoms with van der Waals surface area (Å²) in [5.74, 6) is 1.58. The first-order valence-corrected chi connectivity index (χ1v) is 10.4. The van der Waals surface area contributed by atoms with Gasteiger partial charge in [-0.2, -0.15) is 0 Å². The molecule has 0 heterocycles. The monoisotopic (exact) mass is 396 g/mol. The molecule has 1 aliphatic rings. The molecule has 5 nitrogen and oxygen atoms in total. The highest BCUT2D eigenvalue weighted by molar-refractivity contribution is 5.95. The maximum Gasteiger partial charge on any atom is 0.241 e. The molecule has 156 valence electrons. The first-order chi connectivity index (χ1) is 14.1. The van der Waals surface area contributed by atoms with Crippen molar-refractivity contribution < 1.29 is 14.3 Å². The van der Waals surface area contributed by atoms with E-state index in [1.807, 2.05) is 60.5 Å². The van der Waals surface area contributed by atoms with Crippen molar-refractivity contribution in [1.82, 2.24) is 4.90 Å². The second-order valence-electron chi connectivity index (χ2n) is 7.75. The van der Waals surface area contributed by atoms with Crippen LogP contribution in [0.3, 0.4) is 0 Å². The largest absolute Gasteiger partial charge is 0.493 e. The van der Waals surface area contributed by atoms with Crippen molar-refractivity contribution in [1.29, 1.82) is 0 Å². The molecule has 0 atom stereocenters. The third kappa shape index (κ3) is 5.51. The second-order valence-corrected chi connectivity index (χ2v) is 7.75. The van der Waals surface area contributed by atoms with Crippen molar-refractivity contribution in [2.45, 2.75) is 44.7 Å². The fraction of sp³-hybridized carbons (Fsp3) is 0.458. The van der Waals surface area contributed by atoms with Crippen LogP contribution in [0.2, 0.25) is 0 Å². The molecule has 2 aromatic carbocycles. The lowest BCUT2D eigenvalue weighted by molar-refractivity contribution is -0.120. The smallest absolute Gasteiger partial charge is 0.241 e. The molecule has 2 aromatic rings. The summed E-state index contributed by atoms with van der Waals surface area (Å²) in [6.07, 6.45) is 5.83. The Morgan fingerprint density at radius 3 is 2.31 bits per heavy atom. The first-order valence-electron chi connectivity index (χ1n) is 10.4. The molecular weight excluding hydrogens is 364 g/mol. The van der Waals surface area contributed by atoms with Crippen molar-refractivity contribution >= 4 is 11.6 Å². The molecule has 3 rings (SSSR count). The van der Waals surface area contributed by atoms with Gasteiger partial charge in [0.15, 0.2) is 11.5 Å². The molecule has 0 spiro atoms. The topological polar surface area (TPSA) is 42.0 Å². The Balaban J connectivity index is 1.70. The zero-order valence-corrected chi connectivity index (χ0v) is 17.8. The third-order valence-electron chi connectivity index (χ3n) is 5.55. The number of hydrogen-bond acceptors (Lipinski definition) is 4. The number of likely N-dealkylation sites (N-methyl/N-ethyl adjacent to an activating group) is 1. The number of para-hydroxylation sites is 1. The standard InChI is InChI=1S/C24H32N2O3/c1-25(17-19-14-15-22(28-2)23(16-19)29-3)18-24(27)26(20-10-6-4-7-11-20)21-12-8-5-9-13-21/h4,6-7,10-11,14-16,21H,5,8-9,12-13,17-18H2,1-3H3. The predicted molar refractivity (Wildman–Crippen MR) is 117 cm³/mol. The lowest BCUT2D eigenvalue weighted by Crippen LogP contribution is -2.46. The molecular formula is C24H32N2O3. The quantitative estimate of drug-likeness (QED) is 0.659. The van der Waals surface area contributed by atoms with Crippen molar-refractivity contribution in [2.24, 2.45) is 0 Å². The molecule has 0 saturated heterocycles. The summed E-state index contributed by atoms with van der Waals surface area (Å²) in [6, 6.07) is 16.3. The van der Waals surface area contributed by atoms with E-state index in [9.17, 15) is 4.79 Å². The number of carbonyl (C=O) groups is 1. The Bertz CT molecular complexity index is 788. The van der Waals surface area contributed by atoms with Crippen molar-refractivity contribution in [3.05, 3.63) is 54.1 Å². The highest BCUT2D eigenvalue weighted by Gasteiger charge is 2.27. The van der Waals surface area contributed by atoms with Gasteiger partial charge in [-0.05, 0) is 49.7 Å². The second kappa shape index (κ2) is 10.3. The number of rotatable bonds is 8. The van der Waals surface area contributed by atoms with Crippen molar-refractivity contribution in [3.8, 4) is 11.5 Å². The van der Waals surface area contributed by atoms with E-state index in [2.05, 4.69) is 4.90 Å². The summed E-state index contributed by atoms with van der Waals surface area (Å²) in [7, 11) is 5.25. The van der Waals surface area contributed by atoms with E-state index >= 15 is 0 Å². The normalized spacial score (nSPS) is 14.6.